The zero-order chi connectivity index (χ0) is 14.3. The number of H-pyrrole nitrogens is 1. The lowest BCUT2D eigenvalue weighted by atomic mass is 10.2. The number of aryl methyl sites for hydroxylation is 1. The Bertz CT molecular complexity index is 682. The van der Waals surface area contributed by atoms with Crippen LogP contribution in [0.1, 0.15) is 12.7 Å². The van der Waals surface area contributed by atoms with E-state index in [0.29, 0.717) is 18.1 Å². The van der Waals surface area contributed by atoms with E-state index in [1.807, 2.05) is 6.07 Å². The van der Waals surface area contributed by atoms with Crippen LogP contribution in [0, 0.1) is 6.92 Å². The number of aromatic nitrogens is 4. The van der Waals surface area contributed by atoms with E-state index in [-0.39, 0.29) is 17.8 Å². The van der Waals surface area contributed by atoms with Gasteiger partial charge in [0.25, 0.3) is 0 Å². The fraction of sp³-hybridized carbons (Fsp3) is 0.583. The topological polar surface area (TPSA) is 75.5 Å². The van der Waals surface area contributed by atoms with Crippen molar-refractivity contribution in [2.24, 2.45) is 0 Å². The molecule has 2 unspecified atom stereocenters. The lowest BCUT2D eigenvalue weighted by Crippen LogP contribution is -2.49. The molecule has 2 aromatic heterocycles. The molecule has 8 heteroatoms. The number of anilines is 1. The first-order valence-electron chi connectivity index (χ1n) is 6.49. The Kier molecular flexibility index (Phi) is 3.51. The van der Waals surface area contributed by atoms with Gasteiger partial charge in [0.05, 0.1) is 18.8 Å². The van der Waals surface area contributed by atoms with Crippen molar-refractivity contribution in [3.05, 3.63) is 22.4 Å². The van der Waals surface area contributed by atoms with Crippen LogP contribution in [0.5, 0.6) is 0 Å². The summed E-state index contributed by atoms with van der Waals surface area (Å²) >= 11 is 3.45. The summed E-state index contributed by atoms with van der Waals surface area (Å²) in [6.07, 6.45) is 0.144. The fourth-order valence-electron chi connectivity index (χ4n) is 2.46. The third-order valence-corrected chi connectivity index (χ3v) is 4.25. The molecular weight excluding hydrogens is 326 g/mol. The molecule has 1 N–H and O–H groups in total. The Morgan fingerprint density at radius 1 is 1.60 bits per heavy atom. The van der Waals surface area contributed by atoms with E-state index in [4.69, 9.17) is 4.74 Å². The fourth-order valence-corrected chi connectivity index (χ4v) is 2.85. The van der Waals surface area contributed by atoms with Crippen molar-refractivity contribution in [2.45, 2.75) is 26.0 Å². The number of halogens is 1. The number of nitrogens with one attached hydrogen (secondary N) is 1. The van der Waals surface area contributed by atoms with Crippen LogP contribution < -0.4 is 10.6 Å². The average molecular weight is 342 g/mol. The van der Waals surface area contributed by atoms with Crippen LogP contribution in [-0.2, 0) is 4.74 Å². The Morgan fingerprint density at radius 3 is 3.15 bits per heavy atom. The third kappa shape index (κ3) is 2.22. The van der Waals surface area contributed by atoms with E-state index in [0.717, 1.165) is 17.7 Å². The minimum atomic E-state index is -0.259. The Hall–Kier alpha value is -1.41. The Labute approximate surface area is 124 Å². The van der Waals surface area contributed by atoms with Crippen molar-refractivity contribution in [1.82, 2.24) is 19.6 Å². The van der Waals surface area contributed by atoms with E-state index in [1.165, 1.54) is 4.40 Å². The van der Waals surface area contributed by atoms with Gasteiger partial charge in [-0.2, -0.15) is 5.10 Å². The molecule has 7 nitrogen and oxygen atoms in total. The summed E-state index contributed by atoms with van der Waals surface area (Å²) in [5.74, 6) is 1.46. The highest BCUT2D eigenvalue weighted by molar-refractivity contribution is 9.09. The monoisotopic (exact) mass is 341 g/mol. The Balaban J connectivity index is 2.02. The lowest BCUT2D eigenvalue weighted by molar-refractivity contribution is 0.0376. The predicted octanol–water partition coefficient (Wildman–Crippen LogP) is 0.715. The van der Waals surface area contributed by atoms with Gasteiger partial charge in [-0.25, -0.2) is 19.3 Å². The summed E-state index contributed by atoms with van der Waals surface area (Å²) in [7, 11) is 0. The van der Waals surface area contributed by atoms with Crippen molar-refractivity contribution in [3.63, 3.8) is 0 Å². The maximum atomic E-state index is 11.6. The summed E-state index contributed by atoms with van der Waals surface area (Å²) in [5.41, 5.74) is 0.330. The van der Waals surface area contributed by atoms with Gasteiger partial charge in [-0.3, -0.25) is 0 Å². The summed E-state index contributed by atoms with van der Waals surface area (Å²) in [6, 6.07) is 2.07. The highest BCUT2D eigenvalue weighted by atomic mass is 79.9. The van der Waals surface area contributed by atoms with Crippen molar-refractivity contribution >= 4 is 27.4 Å². The largest absolute Gasteiger partial charge is 0.373 e. The second-order valence-corrected chi connectivity index (χ2v) is 5.64. The first-order chi connectivity index (χ1) is 9.60. The van der Waals surface area contributed by atoms with Crippen LogP contribution in [0.25, 0.3) is 5.65 Å². The number of hydrogen-bond acceptors (Lipinski definition) is 5. The summed E-state index contributed by atoms with van der Waals surface area (Å²) in [5, 5.41) is 7.25. The molecule has 1 saturated heterocycles. The first-order valence-corrected chi connectivity index (χ1v) is 7.61. The summed E-state index contributed by atoms with van der Waals surface area (Å²) in [6.45, 7) is 5.34. The molecule has 2 atom stereocenters. The SMILES string of the molecule is Cc1nc(N2CC(CBr)OCC2C)cc2n[nH]c(=O)n12. The molecule has 0 bridgehead atoms. The van der Waals surface area contributed by atoms with Gasteiger partial charge in [-0.05, 0) is 13.8 Å². The molecule has 1 fully saturated rings. The second kappa shape index (κ2) is 5.17. The first kappa shape index (κ1) is 13.6. The number of hydrogen-bond donors (Lipinski definition) is 1. The molecular formula is C12H16BrN5O2. The highest BCUT2D eigenvalue weighted by Crippen LogP contribution is 2.21. The number of aromatic amines is 1. The standard InChI is InChI=1S/C12H16BrN5O2/c1-7-6-20-9(4-13)5-17(7)10-3-11-15-16-12(19)18(11)8(2)14-10/h3,7,9H,4-6H2,1-2H3,(H,16,19). The maximum Gasteiger partial charge on any atom is 0.349 e. The molecule has 0 spiro atoms. The van der Waals surface area contributed by atoms with Gasteiger partial charge < -0.3 is 9.64 Å². The molecule has 3 heterocycles. The van der Waals surface area contributed by atoms with E-state index in [1.54, 1.807) is 6.92 Å². The number of rotatable bonds is 2. The smallest absolute Gasteiger partial charge is 0.349 e. The van der Waals surface area contributed by atoms with Crippen LogP contribution in [-0.4, -0.2) is 50.2 Å². The number of ether oxygens (including phenoxy) is 1. The van der Waals surface area contributed by atoms with Crippen molar-refractivity contribution < 1.29 is 4.74 Å². The van der Waals surface area contributed by atoms with Crippen LogP contribution in [0.4, 0.5) is 5.82 Å². The van der Waals surface area contributed by atoms with Gasteiger partial charge in [0, 0.05) is 17.9 Å². The van der Waals surface area contributed by atoms with Crippen LogP contribution in [0.15, 0.2) is 10.9 Å². The van der Waals surface area contributed by atoms with E-state index in [2.05, 4.69) is 42.9 Å². The molecule has 2 aromatic rings. The maximum absolute atomic E-state index is 11.6. The predicted molar refractivity (Wildman–Crippen MR) is 78.7 cm³/mol. The summed E-state index contributed by atoms with van der Waals surface area (Å²) in [4.78, 5) is 18.3. The Morgan fingerprint density at radius 2 is 2.40 bits per heavy atom. The molecule has 0 aromatic carbocycles. The minimum Gasteiger partial charge on any atom is -0.373 e. The van der Waals surface area contributed by atoms with Crippen LogP contribution in [0.3, 0.4) is 0 Å². The molecule has 108 valence electrons. The van der Waals surface area contributed by atoms with Gasteiger partial charge in [0.2, 0.25) is 0 Å². The molecule has 20 heavy (non-hydrogen) atoms. The van der Waals surface area contributed by atoms with E-state index < -0.39 is 0 Å². The van der Waals surface area contributed by atoms with Crippen LogP contribution in [0.2, 0.25) is 0 Å². The molecule has 3 rings (SSSR count). The average Bonchev–Trinajstić information content (AvgIpc) is 2.81. The van der Waals surface area contributed by atoms with Crippen LogP contribution >= 0.6 is 15.9 Å². The van der Waals surface area contributed by atoms with Gasteiger partial charge in [0.1, 0.15) is 11.6 Å². The molecule has 1 aliphatic rings. The zero-order valence-electron chi connectivity index (χ0n) is 11.3. The lowest BCUT2D eigenvalue weighted by Gasteiger charge is -2.38. The minimum absolute atomic E-state index is 0.144. The molecule has 0 amide bonds. The number of nitrogens with zero attached hydrogens (tertiary/aromatic N) is 4. The van der Waals surface area contributed by atoms with Gasteiger partial charge in [-0.15, -0.1) is 0 Å². The molecule has 0 radical (unpaired) electrons. The quantitative estimate of drug-likeness (QED) is 0.814. The third-order valence-electron chi connectivity index (χ3n) is 3.53. The normalized spacial score (nSPS) is 23.4. The van der Waals surface area contributed by atoms with Crippen molar-refractivity contribution in [1.29, 1.82) is 0 Å². The van der Waals surface area contributed by atoms with Gasteiger partial charge in [-0.1, -0.05) is 15.9 Å². The number of alkyl halides is 1. The molecule has 1 aliphatic heterocycles. The van der Waals surface area contributed by atoms with E-state index in [9.17, 15) is 4.79 Å². The summed E-state index contributed by atoms with van der Waals surface area (Å²) < 4.78 is 7.19. The number of morpholine rings is 1. The van der Waals surface area contributed by atoms with Crippen molar-refractivity contribution in [2.75, 3.05) is 23.4 Å². The zero-order valence-corrected chi connectivity index (χ0v) is 12.9. The molecule has 0 aliphatic carbocycles. The second-order valence-electron chi connectivity index (χ2n) is 4.99. The molecule has 0 saturated carbocycles. The van der Waals surface area contributed by atoms with Crippen molar-refractivity contribution in [3.8, 4) is 0 Å². The highest BCUT2D eigenvalue weighted by Gasteiger charge is 2.27. The van der Waals surface area contributed by atoms with Gasteiger partial charge in [0.15, 0.2) is 5.65 Å². The van der Waals surface area contributed by atoms with E-state index >= 15 is 0 Å². The number of fused-ring (bicyclic) bond motifs is 1. The van der Waals surface area contributed by atoms with Gasteiger partial charge >= 0.3 is 5.69 Å².